The van der Waals surface area contributed by atoms with Crippen LogP contribution in [0.4, 0.5) is 0 Å². The van der Waals surface area contributed by atoms with Gasteiger partial charge in [0.15, 0.2) is 0 Å². The van der Waals surface area contributed by atoms with Gasteiger partial charge in [0.1, 0.15) is 0 Å². The number of rotatable bonds is 6. The molecule has 4 heteroatoms. The zero-order valence-electron chi connectivity index (χ0n) is 12.7. The largest absolute Gasteiger partial charge is 0.383 e. The van der Waals surface area contributed by atoms with Crippen molar-refractivity contribution >= 4 is 5.91 Å². The lowest BCUT2D eigenvalue weighted by Gasteiger charge is -2.55. The van der Waals surface area contributed by atoms with E-state index < -0.39 is 0 Å². The van der Waals surface area contributed by atoms with Crippen molar-refractivity contribution in [3.63, 3.8) is 0 Å². The molecular formula is C16H28N2O2. The van der Waals surface area contributed by atoms with Gasteiger partial charge in [0.2, 0.25) is 5.91 Å². The Morgan fingerprint density at radius 1 is 1.15 bits per heavy atom. The van der Waals surface area contributed by atoms with Crippen molar-refractivity contribution in [2.75, 3.05) is 20.3 Å². The van der Waals surface area contributed by atoms with Crippen LogP contribution in [0.25, 0.3) is 0 Å². The standard InChI is InChI=1S/C16H28N2O2/c1-10(16(19)17-3-4-20-2)18-15-13-6-11-5-12(8-13)9-14(15)7-11/h10-15,18H,3-9H2,1-2H3,(H,17,19). The zero-order valence-corrected chi connectivity index (χ0v) is 12.7. The van der Waals surface area contributed by atoms with Crippen LogP contribution in [0.15, 0.2) is 0 Å². The van der Waals surface area contributed by atoms with Crippen molar-refractivity contribution in [2.24, 2.45) is 23.7 Å². The van der Waals surface area contributed by atoms with Gasteiger partial charge in [-0.05, 0) is 62.7 Å². The molecule has 1 unspecified atom stereocenters. The Bertz CT molecular complexity index is 330. The molecule has 0 aliphatic heterocycles. The van der Waals surface area contributed by atoms with Crippen LogP contribution in [-0.4, -0.2) is 38.3 Å². The van der Waals surface area contributed by atoms with Crippen LogP contribution in [0.1, 0.15) is 39.0 Å². The number of carbonyl (C=O) groups excluding carboxylic acids is 1. The summed E-state index contributed by atoms with van der Waals surface area (Å²) in [7, 11) is 1.66. The maximum atomic E-state index is 12.1. The third-order valence-corrected chi connectivity index (χ3v) is 5.67. The lowest BCUT2D eigenvalue weighted by atomic mass is 9.54. The highest BCUT2D eigenvalue weighted by Crippen LogP contribution is 2.53. The summed E-state index contributed by atoms with van der Waals surface area (Å²) in [4.78, 5) is 12.1. The first-order valence-electron chi connectivity index (χ1n) is 8.20. The third kappa shape index (κ3) is 2.86. The molecule has 4 aliphatic carbocycles. The van der Waals surface area contributed by atoms with Crippen LogP contribution < -0.4 is 10.6 Å². The van der Waals surface area contributed by atoms with Gasteiger partial charge in [-0.1, -0.05) is 0 Å². The first kappa shape index (κ1) is 14.3. The second kappa shape index (κ2) is 6.02. The number of methoxy groups -OCH3 is 1. The summed E-state index contributed by atoms with van der Waals surface area (Å²) in [6.07, 6.45) is 7.05. The maximum absolute atomic E-state index is 12.1. The highest BCUT2D eigenvalue weighted by atomic mass is 16.5. The van der Waals surface area contributed by atoms with Crippen LogP contribution in [-0.2, 0) is 9.53 Å². The average molecular weight is 280 g/mol. The van der Waals surface area contributed by atoms with E-state index in [9.17, 15) is 4.79 Å². The second-order valence-electron chi connectivity index (χ2n) is 7.13. The Morgan fingerprint density at radius 2 is 1.75 bits per heavy atom. The molecule has 4 bridgehead atoms. The van der Waals surface area contributed by atoms with Gasteiger partial charge in [-0.3, -0.25) is 4.79 Å². The van der Waals surface area contributed by atoms with Crippen molar-refractivity contribution in [3.8, 4) is 0 Å². The minimum Gasteiger partial charge on any atom is -0.383 e. The van der Waals surface area contributed by atoms with Gasteiger partial charge in [-0.2, -0.15) is 0 Å². The minimum absolute atomic E-state index is 0.0885. The molecule has 0 spiro atoms. The molecular weight excluding hydrogens is 252 g/mol. The molecule has 2 N–H and O–H groups in total. The van der Waals surface area contributed by atoms with Crippen molar-refractivity contribution < 1.29 is 9.53 Å². The van der Waals surface area contributed by atoms with Gasteiger partial charge >= 0.3 is 0 Å². The predicted molar refractivity (Wildman–Crippen MR) is 78.3 cm³/mol. The van der Waals surface area contributed by atoms with E-state index in [0.29, 0.717) is 19.2 Å². The average Bonchev–Trinajstić information content (AvgIpc) is 2.42. The summed E-state index contributed by atoms with van der Waals surface area (Å²) in [5, 5.41) is 6.57. The number of nitrogens with one attached hydrogen (secondary N) is 2. The summed E-state index contributed by atoms with van der Waals surface area (Å²) in [5.74, 6) is 3.72. The highest BCUT2D eigenvalue weighted by molar-refractivity contribution is 5.81. The lowest BCUT2D eigenvalue weighted by Crippen LogP contribution is -2.58. The van der Waals surface area contributed by atoms with Crippen molar-refractivity contribution in [1.29, 1.82) is 0 Å². The van der Waals surface area contributed by atoms with E-state index >= 15 is 0 Å². The predicted octanol–water partition coefficient (Wildman–Crippen LogP) is 1.55. The molecule has 20 heavy (non-hydrogen) atoms. The quantitative estimate of drug-likeness (QED) is 0.726. The number of amides is 1. The normalized spacial score (nSPS) is 39.8. The van der Waals surface area contributed by atoms with E-state index in [0.717, 1.165) is 23.7 Å². The SMILES string of the molecule is COCCNC(=O)C(C)NC1C2CC3CC(C2)CC1C3. The maximum Gasteiger partial charge on any atom is 0.236 e. The molecule has 4 nitrogen and oxygen atoms in total. The first-order chi connectivity index (χ1) is 9.67. The van der Waals surface area contributed by atoms with Crippen LogP contribution in [0, 0.1) is 23.7 Å². The number of carbonyl (C=O) groups is 1. The molecule has 1 amide bonds. The van der Waals surface area contributed by atoms with Crippen LogP contribution in [0.5, 0.6) is 0 Å². The fraction of sp³-hybridized carbons (Fsp3) is 0.938. The summed E-state index contributed by atoms with van der Waals surface area (Å²) >= 11 is 0. The Balaban J connectivity index is 1.51. The molecule has 4 aliphatic rings. The van der Waals surface area contributed by atoms with Gasteiger partial charge in [0.05, 0.1) is 12.6 Å². The molecule has 4 fully saturated rings. The van der Waals surface area contributed by atoms with Gasteiger partial charge in [0.25, 0.3) is 0 Å². The Labute approximate surface area is 122 Å². The first-order valence-corrected chi connectivity index (χ1v) is 8.20. The molecule has 0 aromatic carbocycles. The fourth-order valence-electron chi connectivity index (χ4n) is 4.99. The molecule has 0 saturated heterocycles. The summed E-state index contributed by atoms with van der Waals surface area (Å²) in [6.45, 7) is 3.17. The van der Waals surface area contributed by atoms with Crippen molar-refractivity contribution in [3.05, 3.63) is 0 Å². The van der Waals surface area contributed by atoms with Crippen molar-refractivity contribution in [1.82, 2.24) is 10.6 Å². The van der Waals surface area contributed by atoms with E-state index in [4.69, 9.17) is 4.74 Å². The second-order valence-corrected chi connectivity index (χ2v) is 7.13. The fourth-order valence-corrected chi connectivity index (χ4v) is 4.99. The molecule has 0 aromatic heterocycles. The smallest absolute Gasteiger partial charge is 0.236 e. The molecule has 4 saturated carbocycles. The van der Waals surface area contributed by atoms with E-state index in [-0.39, 0.29) is 11.9 Å². The Morgan fingerprint density at radius 3 is 2.30 bits per heavy atom. The van der Waals surface area contributed by atoms with E-state index in [1.165, 1.54) is 32.1 Å². The zero-order chi connectivity index (χ0) is 14.1. The monoisotopic (exact) mass is 280 g/mol. The van der Waals surface area contributed by atoms with Crippen LogP contribution in [0.2, 0.25) is 0 Å². The van der Waals surface area contributed by atoms with Crippen LogP contribution in [0.3, 0.4) is 0 Å². The molecule has 4 rings (SSSR count). The number of hydrogen-bond acceptors (Lipinski definition) is 3. The van der Waals surface area contributed by atoms with E-state index in [1.807, 2.05) is 6.92 Å². The van der Waals surface area contributed by atoms with Gasteiger partial charge < -0.3 is 15.4 Å². The molecule has 0 radical (unpaired) electrons. The molecule has 114 valence electrons. The molecule has 0 aromatic rings. The van der Waals surface area contributed by atoms with Gasteiger partial charge in [-0.15, -0.1) is 0 Å². The van der Waals surface area contributed by atoms with Gasteiger partial charge in [0, 0.05) is 19.7 Å². The van der Waals surface area contributed by atoms with Crippen LogP contribution >= 0.6 is 0 Å². The molecule has 1 atom stereocenters. The van der Waals surface area contributed by atoms with Crippen molar-refractivity contribution in [2.45, 2.75) is 51.1 Å². The third-order valence-electron chi connectivity index (χ3n) is 5.67. The Hall–Kier alpha value is -0.610. The highest BCUT2D eigenvalue weighted by Gasteiger charge is 2.48. The summed E-state index contributed by atoms with van der Waals surface area (Å²) in [5.41, 5.74) is 0. The summed E-state index contributed by atoms with van der Waals surface area (Å²) < 4.78 is 4.96. The van der Waals surface area contributed by atoms with Gasteiger partial charge in [-0.25, -0.2) is 0 Å². The number of hydrogen-bond donors (Lipinski definition) is 2. The summed E-state index contributed by atoms with van der Waals surface area (Å²) in [6, 6.07) is 0.486. The topological polar surface area (TPSA) is 50.4 Å². The van der Waals surface area contributed by atoms with E-state index in [1.54, 1.807) is 7.11 Å². The molecule has 0 heterocycles. The Kier molecular flexibility index (Phi) is 4.32. The number of ether oxygens (including phenoxy) is 1. The lowest BCUT2D eigenvalue weighted by molar-refractivity contribution is -0.124. The minimum atomic E-state index is -0.0885. The van der Waals surface area contributed by atoms with E-state index in [2.05, 4.69) is 10.6 Å².